The predicted octanol–water partition coefficient (Wildman–Crippen LogP) is 2.14. The van der Waals surface area contributed by atoms with Gasteiger partial charge in [0.25, 0.3) is 0 Å². The van der Waals surface area contributed by atoms with Crippen molar-refractivity contribution in [1.82, 2.24) is 9.97 Å². The number of nitrogen functional groups attached to an aromatic ring is 1. The Morgan fingerprint density at radius 2 is 2.29 bits per heavy atom. The summed E-state index contributed by atoms with van der Waals surface area (Å²) >= 11 is 0. The summed E-state index contributed by atoms with van der Waals surface area (Å²) in [5.41, 5.74) is 7.78. The van der Waals surface area contributed by atoms with Gasteiger partial charge in [-0.3, -0.25) is 0 Å². The maximum absolute atomic E-state index is 5.80. The highest BCUT2D eigenvalue weighted by atomic mass is 16.5. The Balaban J connectivity index is 1.99. The van der Waals surface area contributed by atoms with Crippen LogP contribution in [0, 0.1) is 13.0 Å². The lowest BCUT2D eigenvalue weighted by atomic mass is 10.1. The smallest absolute Gasteiger partial charge is 0.222 e. The van der Waals surface area contributed by atoms with Crippen LogP contribution < -0.4 is 10.6 Å². The van der Waals surface area contributed by atoms with Crippen molar-refractivity contribution in [3.8, 4) is 0 Å². The number of aromatic nitrogens is 2. The van der Waals surface area contributed by atoms with Crippen molar-refractivity contribution in [2.45, 2.75) is 19.4 Å². The Labute approximate surface area is 124 Å². The largest absolute Gasteiger partial charge is 0.379 e. The topological polar surface area (TPSA) is 64.3 Å². The molecule has 1 atom stereocenters. The van der Waals surface area contributed by atoms with E-state index in [9.17, 15) is 0 Å². The highest BCUT2D eigenvalue weighted by Gasteiger charge is 2.25. The van der Waals surface area contributed by atoms with Gasteiger partial charge in [0.1, 0.15) is 5.82 Å². The summed E-state index contributed by atoms with van der Waals surface area (Å²) in [7, 11) is 0. The summed E-state index contributed by atoms with van der Waals surface area (Å²) in [6.45, 7) is 4.20. The van der Waals surface area contributed by atoms with E-state index in [1.807, 2.05) is 31.2 Å². The number of anilines is 2. The molecule has 3 rings (SSSR count). The van der Waals surface area contributed by atoms with Crippen LogP contribution in [0.25, 0.3) is 0 Å². The molecule has 1 radical (unpaired) electrons. The average Bonchev–Trinajstić information content (AvgIpc) is 2.73. The van der Waals surface area contributed by atoms with Gasteiger partial charge in [-0.05, 0) is 25.0 Å². The minimum Gasteiger partial charge on any atom is -0.379 e. The zero-order valence-corrected chi connectivity index (χ0v) is 12.1. The molecule has 0 spiro atoms. The Morgan fingerprint density at radius 3 is 3.05 bits per heavy atom. The standard InChI is InChI=1S/C16H19N4O/c1-12-10-15(19-16(17)18-12)20-8-5-9-21-11-14(20)13-6-3-2-4-7-13/h2-4,6,10,14H,5,8-9,11H2,1H3,(H2,17,18,19). The fraction of sp³-hybridized carbons (Fsp3) is 0.375. The summed E-state index contributed by atoms with van der Waals surface area (Å²) in [6.07, 6.45) is 0.965. The first-order valence-electron chi connectivity index (χ1n) is 7.16. The van der Waals surface area contributed by atoms with Gasteiger partial charge in [0.15, 0.2) is 0 Å². The molecule has 0 bridgehead atoms. The third-order valence-electron chi connectivity index (χ3n) is 3.58. The molecule has 21 heavy (non-hydrogen) atoms. The predicted molar refractivity (Wildman–Crippen MR) is 82.0 cm³/mol. The number of rotatable bonds is 2. The third kappa shape index (κ3) is 3.13. The van der Waals surface area contributed by atoms with Crippen molar-refractivity contribution >= 4 is 11.8 Å². The highest BCUT2D eigenvalue weighted by Crippen LogP contribution is 2.28. The van der Waals surface area contributed by atoms with Crippen LogP contribution in [0.15, 0.2) is 30.3 Å². The second kappa shape index (κ2) is 6.10. The summed E-state index contributed by atoms with van der Waals surface area (Å²) in [5, 5.41) is 0. The maximum atomic E-state index is 5.80. The van der Waals surface area contributed by atoms with E-state index >= 15 is 0 Å². The van der Waals surface area contributed by atoms with Crippen LogP contribution in [0.3, 0.4) is 0 Å². The van der Waals surface area contributed by atoms with Crippen molar-refractivity contribution in [2.75, 3.05) is 30.4 Å². The Bertz CT molecular complexity index is 582. The zero-order chi connectivity index (χ0) is 14.7. The molecular weight excluding hydrogens is 264 g/mol. The molecule has 1 aliphatic heterocycles. The first-order chi connectivity index (χ1) is 10.2. The Hall–Kier alpha value is -2.14. The first-order valence-corrected chi connectivity index (χ1v) is 7.16. The molecule has 1 unspecified atom stereocenters. The van der Waals surface area contributed by atoms with Crippen LogP contribution in [0.2, 0.25) is 0 Å². The molecule has 109 valence electrons. The van der Waals surface area contributed by atoms with E-state index in [0.29, 0.717) is 12.6 Å². The number of hydrogen-bond donors (Lipinski definition) is 1. The number of benzene rings is 1. The van der Waals surface area contributed by atoms with E-state index in [4.69, 9.17) is 10.5 Å². The van der Waals surface area contributed by atoms with Gasteiger partial charge < -0.3 is 15.4 Å². The molecule has 0 saturated carbocycles. The van der Waals surface area contributed by atoms with Gasteiger partial charge in [-0.2, -0.15) is 4.98 Å². The van der Waals surface area contributed by atoms with Gasteiger partial charge in [-0.25, -0.2) is 4.98 Å². The van der Waals surface area contributed by atoms with Crippen molar-refractivity contribution < 1.29 is 4.74 Å². The normalized spacial score (nSPS) is 19.3. The molecule has 5 nitrogen and oxygen atoms in total. The monoisotopic (exact) mass is 283 g/mol. The minimum absolute atomic E-state index is 0.0994. The molecule has 0 amide bonds. The lowest BCUT2D eigenvalue weighted by Crippen LogP contribution is -2.31. The van der Waals surface area contributed by atoms with Crippen LogP contribution in [-0.2, 0) is 4.74 Å². The first kappa shape index (κ1) is 13.8. The molecule has 1 aromatic carbocycles. The minimum atomic E-state index is 0.0994. The van der Waals surface area contributed by atoms with Gasteiger partial charge in [-0.15, -0.1) is 0 Å². The summed E-state index contributed by atoms with van der Waals surface area (Å²) in [6, 6.07) is 13.4. The molecular formula is C16H19N4O. The zero-order valence-electron chi connectivity index (χ0n) is 12.1. The molecule has 2 heterocycles. The summed E-state index contributed by atoms with van der Waals surface area (Å²) in [5.74, 6) is 1.17. The van der Waals surface area contributed by atoms with Crippen molar-refractivity contribution in [3.05, 3.63) is 47.7 Å². The number of hydrogen-bond acceptors (Lipinski definition) is 5. The average molecular weight is 283 g/mol. The molecule has 5 heteroatoms. The second-order valence-corrected chi connectivity index (χ2v) is 5.18. The van der Waals surface area contributed by atoms with E-state index in [-0.39, 0.29) is 6.04 Å². The molecule has 2 N–H and O–H groups in total. The molecule has 1 fully saturated rings. The highest BCUT2D eigenvalue weighted by molar-refractivity contribution is 5.46. The lowest BCUT2D eigenvalue weighted by molar-refractivity contribution is 0.134. The fourth-order valence-electron chi connectivity index (χ4n) is 2.65. The number of nitrogens with two attached hydrogens (primary N) is 1. The second-order valence-electron chi connectivity index (χ2n) is 5.18. The quantitative estimate of drug-likeness (QED) is 0.914. The van der Waals surface area contributed by atoms with Crippen LogP contribution in [0.5, 0.6) is 0 Å². The van der Waals surface area contributed by atoms with Crippen LogP contribution in [0.1, 0.15) is 23.7 Å². The fourth-order valence-corrected chi connectivity index (χ4v) is 2.65. The van der Waals surface area contributed by atoms with E-state index in [1.54, 1.807) is 0 Å². The Kier molecular flexibility index (Phi) is 4.01. The van der Waals surface area contributed by atoms with Crippen molar-refractivity contribution in [1.29, 1.82) is 0 Å². The van der Waals surface area contributed by atoms with E-state index in [2.05, 4.69) is 27.0 Å². The van der Waals surface area contributed by atoms with E-state index < -0.39 is 0 Å². The molecule has 1 saturated heterocycles. The number of ether oxygens (including phenoxy) is 1. The molecule has 0 aliphatic carbocycles. The number of nitrogens with zero attached hydrogens (tertiary/aromatic N) is 3. The van der Waals surface area contributed by atoms with E-state index in [0.717, 1.165) is 36.6 Å². The summed E-state index contributed by atoms with van der Waals surface area (Å²) < 4.78 is 5.74. The number of aryl methyl sites for hydroxylation is 1. The Morgan fingerprint density at radius 1 is 1.38 bits per heavy atom. The molecule has 1 aromatic heterocycles. The molecule has 1 aliphatic rings. The summed E-state index contributed by atoms with van der Waals surface area (Å²) in [4.78, 5) is 10.8. The van der Waals surface area contributed by atoms with Crippen molar-refractivity contribution in [2.24, 2.45) is 0 Å². The SMILES string of the molecule is Cc1cc(N2CCCOCC2c2[c]cccc2)nc(N)n1. The van der Waals surface area contributed by atoms with Crippen LogP contribution in [-0.4, -0.2) is 29.7 Å². The van der Waals surface area contributed by atoms with Gasteiger partial charge in [-0.1, -0.05) is 24.3 Å². The lowest BCUT2D eigenvalue weighted by Gasteiger charge is -2.30. The maximum Gasteiger partial charge on any atom is 0.222 e. The van der Waals surface area contributed by atoms with Crippen LogP contribution in [0.4, 0.5) is 11.8 Å². The third-order valence-corrected chi connectivity index (χ3v) is 3.58. The van der Waals surface area contributed by atoms with Gasteiger partial charge >= 0.3 is 0 Å². The van der Waals surface area contributed by atoms with Gasteiger partial charge in [0.2, 0.25) is 5.95 Å². The van der Waals surface area contributed by atoms with Gasteiger partial charge in [0, 0.05) is 24.9 Å². The van der Waals surface area contributed by atoms with Crippen LogP contribution >= 0.6 is 0 Å². The van der Waals surface area contributed by atoms with Crippen molar-refractivity contribution in [3.63, 3.8) is 0 Å². The van der Waals surface area contributed by atoms with E-state index in [1.165, 1.54) is 0 Å². The molecule has 2 aromatic rings. The van der Waals surface area contributed by atoms with Gasteiger partial charge in [0.05, 0.1) is 12.6 Å².